The van der Waals surface area contributed by atoms with Gasteiger partial charge in [0.1, 0.15) is 0 Å². The molecular weight excluding hydrogens is 455 g/mol. The molecule has 0 saturated carbocycles. The number of carbonyl (C=O) groups is 2. The second kappa shape index (κ2) is 9.28. The second-order valence-corrected chi connectivity index (χ2v) is 9.07. The summed E-state index contributed by atoms with van der Waals surface area (Å²) in [6.07, 6.45) is -4.72. The highest BCUT2D eigenvalue weighted by molar-refractivity contribution is 7.89. The number of esters is 1. The summed E-state index contributed by atoms with van der Waals surface area (Å²) in [5.41, 5.74) is -0.689. The topological polar surface area (TPSA) is 119 Å². The quantitative estimate of drug-likeness (QED) is 0.638. The van der Waals surface area contributed by atoms with Crippen LogP contribution >= 0.6 is 0 Å². The van der Waals surface area contributed by atoms with Crippen molar-refractivity contribution in [3.63, 3.8) is 0 Å². The maximum absolute atomic E-state index is 13.2. The van der Waals surface area contributed by atoms with E-state index in [1.807, 2.05) is 0 Å². The van der Waals surface area contributed by atoms with E-state index < -0.39 is 51.1 Å². The molecule has 0 unspecified atom stereocenters. The lowest BCUT2D eigenvalue weighted by Gasteiger charge is -2.30. The minimum absolute atomic E-state index is 0.0508. The molecule has 3 rings (SSSR count). The summed E-state index contributed by atoms with van der Waals surface area (Å²) in [6.45, 7) is 0.777. The highest BCUT2D eigenvalue weighted by atomic mass is 32.2. The van der Waals surface area contributed by atoms with Crippen LogP contribution in [0.5, 0.6) is 0 Å². The van der Waals surface area contributed by atoms with Gasteiger partial charge in [-0.25, -0.2) is 8.42 Å². The molecule has 0 radical (unpaired) electrons. The van der Waals surface area contributed by atoms with Crippen molar-refractivity contribution in [2.45, 2.75) is 30.8 Å². The van der Waals surface area contributed by atoms with Crippen molar-refractivity contribution < 1.29 is 40.4 Å². The highest BCUT2D eigenvalue weighted by Gasteiger charge is 2.40. The van der Waals surface area contributed by atoms with E-state index in [-0.39, 0.29) is 31.8 Å². The predicted octanol–water partition coefficient (Wildman–Crippen LogP) is 2.58. The van der Waals surface area contributed by atoms with Gasteiger partial charge >= 0.3 is 12.1 Å². The molecule has 2 heterocycles. The Balaban J connectivity index is 1.55. The van der Waals surface area contributed by atoms with Crippen molar-refractivity contribution in [2.75, 3.05) is 25.0 Å². The maximum atomic E-state index is 13.2. The van der Waals surface area contributed by atoms with Crippen LogP contribution in [0, 0.1) is 12.8 Å². The number of benzene rings is 1. The SMILES string of the molecule is Cc1cc(NC(=O)COC(=O)C2CCN(S(=O)(=O)c3ccccc3C(F)(F)F)CC2)on1. The minimum atomic E-state index is -4.82. The molecule has 9 nitrogen and oxygen atoms in total. The van der Waals surface area contributed by atoms with Crippen LogP contribution in [0.15, 0.2) is 39.8 Å². The first-order chi connectivity index (χ1) is 15.0. The smallest absolute Gasteiger partial charge is 0.417 e. The van der Waals surface area contributed by atoms with Gasteiger partial charge in [0.25, 0.3) is 5.91 Å². The average molecular weight is 475 g/mol. The number of hydrogen-bond acceptors (Lipinski definition) is 7. The molecule has 0 bridgehead atoms. The average Bonchev–Trinajstić information content (AvgIpc) is 3.16. The number of aryl methyl sites for hydroxylation is 1. The zero-order chi connectivity index (χ0) is 23.5. The number of aromatic nitrogens is 1. The Morgan fingerprint density at radius 2 is 1.91 bits per heavy atom. The van der Waals surface area contributed by atoms with E-state index in [9.17, 15) is 31.2 Å². The number of anilines is 1. The third kappa shape index (κ3) is 5.46. The van der Waals surface area contributed by atoms with Crippen LogP contribution in [0.2, 0.25) is 0 Å². The number of alkyl halides is 3. The Bertz CT molecular complexity index is 1090. The van der Waals surface area contributed by atoms with Crippen molar-refractivity contribution in [3.8, 4) is 0 Å². The number of piperidine rings is 1. The summed E-state index contributed by atoms with van der Waals surface area (Å²) < 4.78 is 75.9. The largest absolute Gasteiger partial charge is 0.455 e. The van der Waals surface area contributed by atoms with E-state index in [1.165, 1.54) is 12.1 Å². The summed E-state index contributed by atoms with van der Waals surface area (Å²) in [7, 11) is -4.40. The van der Waals surface area contributed by atoms with Gasteiger partial charge in [0.15, 0.2) is 6.61 Å². The molecule has 174 valence electrons. The van der Waals surface area contributed by atoms with Crippen LogP contribution in [0.4, 0.5) is 19.1 Å². The fraction of sp³-hybridized carbons (Fsp3) is 0.421. The van der Waals surface area contributed by atoms with E-state index in [0.717, 1.165) is 16.4 Å². The van der Waals surface area contributed by atoms with E-state index in [2.05, 4.69) is 10.5 Å². The summed E-state index contributed by atoms with van der Waals surface area (Å²) in [6, 6.07) is 5.43. The number of amides is 1. The van der Waals surface area contributed by atoms with E-state index in [0.29, 0.717) is 11.8 Å². The molecule has 1 amide bonds. The van der Waals surface area contributed by atoms with Gasteiger partial charge in [-0.1, -0.05) is 17.3 Å². The standard InChI is InChI=1S/C19H20F3N3O6S/c1-12-10-17(31-24-12)23-16(26)11-30-18(27)13-6-8-25(9-7-13)32(28,29)15-5-3-2-4-14(15)19(20,21)22/h2-5,10,13H,6-9,11H2,1H3,(H,23,26). The van der Waals surface area contributed by atoms with Crippen LogP contribution in [0.25, 0.3) is 0 Å². The fourth-order valence-corrected chi connectivity index (χ4v) is 4.93. The van der Waals surface area contributed by atoms with Gasteiger partial charge in [0, 0.05) is 19.2 Å². The van der Waals surface area contributed by atoms with Crippen LogP contribution in [-0.2, 0) is 30.5 Å². The summed E-state index contributed by atoms with van der Waals surface area (Å²) in [4.78, 5) is 23.2. The number of nitrogens with zero attached hydrogens (tertiary/aromatic N) is 2. The monoisotopic (exact) mass is 475 g/mol. The number of ether oxygens (including phenoxy) is 1. The Labute approximate surface area is 181 Å². The van der Waals surface area contributed by atoms with Gasteiger partial charge in [-0.05, 0) is 31.9 Å². The highest BCUT2D eigenvalue weighted by Crippen LogP contribution is 2.36. The Kier molecular flexibility index (Phi) is 6.88. The van der Waals surface area contributed by atoms with Gasteiger partial charge in [-0.2, -0.15) is 17.5 Å². The number of sulfonamides is 1. The Morgan fingerprint density at radius 1 is 1.25 bits per heavy atom. The summed E-state index contributed by atoms with van der Waals surface area (Å²) in [5.74, 6) is -1.92. The van der Waals surface area contributed by atoms with Crippen molar-refractivity contribution in [3.05, 3.63) is 41.6 Å². The van der Waals surface area contributed by atoms with Crippen LogP contribution in [0.1, 0.15) is 24.1 Å². The fourth-order valence-electron chi connectivity index (χ4n) is 3.25. The van der Waals surface area contributed by atoms with Gasteiger partial charge in [0.05, 0.1) is 22.1 Å². The molecular formula is C19H20F3N3O6S. The summed E-state index contributed by atoms with van der Waals surface area (Å²) >= 11 is 0. The number of rotatable bonds is 6. The first-order valence-electron chi connectivity index (χ1n) is 9.54. The van der Waals surface area contributed by atoms with Gasteiger partial charge < -0.3 is 9.26 Å². The van der Waals surface area contributed by atoms with E-state index in [1.54, 1.807) is 6.92 Å². The molecule has 1 aromatic heterocycles. The van der Waals surface area contributed by atoms with Crippen LogP contribution < -0.4 is 5.32 Å². The third-order valence-electron chi connectivity index (χ3n) is 4.83. The molecule has 0 aliphatic carbocycles. The molecule has 1 aliphatic heterocycles. The van der Waals surface area contributed by atoms with Gasteiger partial charge in [-0.15, -0.1) is 0 Å². The molecule has 1 fully saturated rings. The number of halogens is 3. The molecule has 32 heavy (non-hydrogen) atoms. The molecule has 1 N–H and O–H groups in total. The van der Waals surface area contributed by atoms with Crippen LogP contribution in [0.3, 0.4) is 0 Å². The Hall–Kier alpha value is -2.93. The molecule has 13 heteroatoms. The lowest BCUT2D eigenvalue weighted by atomic mass is 9.98. The molecule has 2 aromatic rings. The van der Waals surface area contributed by atoms with E-state index in [4.69, 9.17) is 9.26 Å². The summed E-state index contributed by atoms with van der Waals surface area (Å²) in [5, 5.41) is 5.95. The minimum Gasteiger partial charge on any atom is -0.455 e. The van der Waals surface area contributed by atoms with Gasteiger partial charge in [0.2, 0.25) is 15.9 Å². The number of nitrogens with one attached hydrogen (secondary N) is 1. The molecule has 0 spiro atoms. The first-order valence-corrected chi connectivity index (χ1v) is 11.0. The van der Waals surface area contributed by atoms with Crippen molar-refractivity contribution in [1.82, 2.24) is 9.46 Å². The molecule has 1 aliphatic rings. The third-order valence-corrected chi connectivity index (χ3v) is 6.79. The Morgan fingerprint density at radius 3 is 2.50 bits per heavy atom. The van der Waals surface area contributed by atoms with Crippen LogP contribution in [-0.4, -0.2) is 49.5 Å². The van der Waals surface area contributed by atoms with Crippen molar-refractivity contribution >= 4 is 27.8 Å². The molecule has 1 saturated heterocycles. The van der Waals surface area contributed by atoms with E-state index >= 15 is 0 Å². The maximum Gasteiger partial charge on any atom is 0.417 e. The number of carbonyl (C=O) groups excluding carboxylic acids is 2. The van der Waals surface area contributed by atoms with Gasteiger partial charge in [-0.3, -0.25) is 14.9 Å². The normalized spacial score (nSPS) is 16.0. The zero-order valence-corrected chi connectivity index (χ0v) is 17.7. The molecule has 0 atom stereocenters. The predicted molar refractivity (Wildman–Crippen MR) is 104 cm³/mol. The number of hydrogen-bond donors (Lipinski definition) is 1. The lowest BCUT2D eigenvalue weighted by molar-refractivity contribution is -0.152. The lowest BCUT2D eigenvalue weighted by Crippen LogP contribution is -2.41. The van der Waals surface area contributed by atoms with Crippen molar-refractivity contribution in [1.29, 1.82) is 0 Å². The zero-order valence-electron chi connectivity index (χ0n) is 16.9. The first kappa shape index (κ1) is 23.7. The molecule has 1 aromatic carbocycles. The second-order valence-electron chi connectivity index (χ2n) is 7.16. The van der Waals surface area contributed by atoms with Crippen molar-refractivity contribution in [2.24, 2.45) is 5.92 Å².